The van der Waals surface area contributed by atoms with Crippen LogP contribution < -0.4 is 4.74 Å². The maximum absolute atomic E-state index is 14.3. The Bertz CT molecular complexity index is 1090. The van der Waals surface area contributed by atoms with Gasteiger partial charge >= 0.3 is 17.9 Å². The lowest BCUT2D eigenvalue weighted by molar-refractivity contribution is -0.201. The number of hydrogen-bond donors (Lipinski definition) is 0. The third-order valence-electron chi connectivity index (χ3n) is 8.01. The molecule has 2 aliphatic heterocycles. The standard InChI is InChI=1S/C29H35Cl2NO7/c1-3-37-28(35)23-21(18-9-11-20(12-10-18)38-17(2)33)22-26(34)24(27(23)39-29(22)36)25(19-7-5-4-6-8-19)32(15-13-30)16-14-31/h4-5,9-12,19,21-25,27H,3,6-8,13-16H2,1-2H3/t19-,21+,22+,23+,24-,25+,27+/m0/s1. The Balaban J connectivity index is 1.78. The van der Waals surface area contributed by atoms with Crippen molar-refractivity contribution in [1.82, 2.24) is 4.90 Å². The molecule has 0 N–H and O–H groups in total. The summed E-state index contributed by atoms with van der Waals surface area (Å²) in [6, 6.07) is 6.25. The Morgan fingerprint density at radius 2 is 1.79 bits per heavy atom. The van der Waals surface area contributed by atoms with E-state index in [1.54, 1.807) is 31.2 Å². The molecule has 0 amide bonds. The maximum atomic E-state index is 14.3. The van der Waals surface area contributed by atoms with E-state index in [9.17, 15) is 19.2 Å². The lowest BCUT2D eigenvalue weighted by atomic mass is 9.57. The molecule has 3 fully saturated rings. The van der Waals surface area contributed by atoms with E-state index in [0.717, 1.165) is 19.3 Å². The van der Waals surface area contributed by atoms with Crippen molar-refractivity contribution in [2.24, 2.45) is 23.7 Å². The normalized spacial score (nSPS) is 28.7. The highest BCUT2D eigenvalue weighted by Crippen LogP contribution is 2.52. The molecule has 4 aliphatic rings. The molecule has 0 spiro atoms. The fourth-order valence-corrected chi connectivity index (χ4v) is 7.01. The molecule has 39 heavy (non-hydrogen) atoms. The minimum Gasteiger partial charge on any atom is -0.466 e. The number of allylic oxidation sites excluding steroid dienone is 2. The van der Waals surface area contributed by atoms with Crippen LogP contribution in [0.25, 0.3) is 0 Å². The van der Waals surface area contributed by atoms with Gasteiger partial charge in [0.15, 0.2) is 5.78 Å². The number of hydrogen-bond acceptors (Lipinski definition) is 8. The largest absolute Gasteiger partial charge is 0.466 e. The first kappa shape index (κ1) is 29.6. The second kappa shape index (κ2) is 13.3. The summed E-state index contributed by atoms with van der Waals surface area (Å²) in [6.07, 6.45) is 5.77. The van der Waals surface area contributed by atoms with Gasteiger partial charge in [0.25, 0.3) is 0 Å². The number of halogens is 2. The highest BCUT2D eigenvalue weighted by Gasteiger charge is 2.65. The van der Waals surface area contributed by atoms with Gasteiger partial charge in [-0.25, -0.2) is 0 Å². The lowest BCUT2D eigenvalue weighted by Gasteiger charge is -2.53. The summed E-state index contributed by atoms with van der Waals surface area (Å²) in [7, 11) is 0. The number of ether oxygens (including phenoxy) is 3. The molecule has 212 valence electrons. The molecule has 2 aliphatic carbocycles. The van der Waals surface area contributed by atoms with Crippen LogP contribution in [-0.2, 0) is 28.7 Å². The number of esters is 3. The molecule has 2 saturated heterocycles. The van der Waals surface area contributed by atoms with Crippen LogP contribution in [0.4, 0.5) is 0 Å². The van der Waals surface area contributed by atoms with E-state index in [1.807, 2.05) is 0 Å². The van der Waals surface area contributed by atoms with Gasteiger partial charge in [-0.2, -0.15) is 0 Å². The third-order valence-corrected chi connectivity index (χ3v) is 8.34. The predicted molar refractivity (Wildman–Crippen MR) is 146 cm³/mol. The molecule has 2 bridgehead atoms. The van der Waals surface area contributed by atoms with E-state index < -0.39 is 47.7 Å². The Labute approximate surface area is 238 Å². The molecule has 0 unspecified atom stereocenters. The van der Waals surface area contributed by atoms with E-state index in [1.165, 1.54) is 6.92 Å². The van der Waals surface area contributed by atoms with Crippen LogP contribution in [-0.4, -0.2) is 72.2 Å². The molecule has 1 saturated carbocycles. The predicted octanol–water partition coefficient (Wildman–Crippen LogP) is 4.12. The molecule has 2 heterocycles. The molecular weight excluding hydrogens is 545 g/mol. The molecule has 1 aromatic rings. The first-order valence-corrected chi connectivity index (χ1v) is 14.6. The van der Waals surface area contributed by atoms with Crippen LogP contribution in [0.3, 0.4) is 0 Å². The van der Waals surface area contributed by atoms with Crippen LogP contribution in [0.5, 0.6) is 5.75 Å². The van der Waals surface area contributed by atoms with Crippen LogP contribution in [0, 0.1) is 23.7 Å². The number of carbonyl (C=O) groups is 4. The highest BCUT2D eigenvalue weighted by molar-refractivity contribution is 6.18. The van der Waals surface area contributed by atoms with E-state index in [4.69, 9.17) is 37.4 Å². The fraction of sp³-hybridized carbons (Fsp3) is 0.586. The SMILES string of the molecule is CCOC(=O)[C@H]1[C@H]2OC(=O)[C@@H](C(=O)[C@@H]2[C@@H]([C@H]2CC=CCC2)N(CCCl)CCCl)[C@H]1c1ccc(OC(C)=O)cc1. The smallest absolute Gasteiger partial charge is 0.317 e. The van der Waals surface area contributed by atoms with E-state index in [2.05, 4.69) is 17.1 Å². The summed E-state index contributed by atoms with van der Waals surface area (Å²) >= 11 is 12.4. The maximum Gasteiger partial charge on any atom is 0.317 e. The molecule has 0 aromatic heterocycles. The van der Waals surface area contributed by atoms with Gasteiger partial charge < -0.3 is 14.2 Å². The Kier molecular flexibility index (Phi) is 10.1. The van der Waals surface area contributed by atoms with Gasteiger partial charge in [0.1, 0.15) is 23.7 Å². The first-order chi connectivity index (χ1) is 18.8. The quantitative estimate of drug-likeness (QED) is 0.127. The van der Waals surface area contributed by atoms with Gasteiger partial charge in [-0.3, -0.25) is 24.1 Å². The Morgan fingerprint density at radius 3 is 2.36 bits per heavy atom. The van der Waals surface area contributed by atoms with Crippen molar-refractivity contribution in [2.75, 3.05) is 31.5 Å². The number of rotatable bonds is 11. The topological polar surface area (TPSA) is 99.2 Å². The molecule has 0 radical (unpaired) electrons. The number of fused-ring (bicyclic) bond motifs is 3. The van der Waals surface area contributed by atoms with Gasteiger partial charge in [-0.15, -0.1) is 23.2 Å². The van der Waals surface area contributed by atoms with Crippen LogP contribution in [0.15, 0.2) is 36.4 Å². The van der Waals surface area contributed by atoms with Crippen LogP contribution >= 0.6 is 23.2 Å². The minimum atomic E-state index is -1.16. The average Bonchev–Trinajstić information content (AvgIpc) is 2.91. The molecule has 5 rings (SSSR count). The summed E-state index contributed by atoms with van der Waals surface area (Å²) in [6.45, 7) is 4.20. The van der Waals surface area contributed by atoms with Gasteiger partial charge in [-0.1, -0.05) is 24.3 Å². The van der Waals surface area contributed by atoms with Crippen molar-refractivity contribution in [3.05, 3.63) is 42.0 Å². The summed E-state index contributed by atoms with van der Waals surface area (Å²) in [5, 5.41) is 0. The van der Waals surface area contributed by atoms with Crippen molar-refractivity contribution in [3.63, 3.8) is 0 Å². The molecule has 1 aromatic carbocycles. The number of benzene rings is 1. The van der Waals surface area contributed by atoms with Gasteiger partial charge in [0.05, 0.1) is 12.5 Å². The van der Waals surface area contributed by atoms with Gasteiger partial charge in [-0.05, 0) is 49.8 Å². The van der Waals surface area contributed by atoms with Crippen molar-refractivity contribution in [1.29, 1.82) is 0 Å². The van der Waals surface area contributed by atoms with E-state index >= 15 is 0 Å². The van der Waals surface area contributed by atoms with Crippen molar-refractivity contribution >= 4 is 46.9 Å². The zero-order valence-corrected chi connectivity index (χ0v) is 23.7. The number of ketones is 1. The summed E-state index contributed by atoms with van der Waals surface area (Å²) in [4.78, 5) is 54.5. The second-order valence-corrected chi connectivity index (χ2v) is 11.0. The van der Waals surface area contributed by atoms with Crippen molar-refractivity contribution in [3.8, 4) is 5.75 Å². The zero-order valence-electron chi connectivity index (χ0n) is 22.2. The fourth-order valence-electron chi connectivity index (χ4n) is 6.58. The second-order valence-electron chi connectivity index (χ2n) is 10.2. The monoisotopic (exact) mass is 579 g/mol. The molecule has 8 nitrogen and oxygen atoms in total. The highest BCUT2D eigenvalue weighted by atomic mass is 35.5. The van der Waals surface area contributed by atoms with Crippen molar-refractivity contribution < 1.29 is 33.4 Å². The summed E-state index contributed by atoms with van der Waals surface area (Å²) in [5.41, 5.74) is 0.609. The van der Waals surface area contributed by atoms with Crippen molar-refractivity contribution in [2.45, 2.75) is 51.2 Å². The number of alkyl halides is 2. The van der Waals surface area contributed by atoms with Gasteiger partial charge in [0, 0.05) is 43.7 Å². The molecule has 7 atom stereocenters. The average molecular weight is 581 g/mol. The Hall–Kier alpha value is -2.42. The number of nitrogens with zero attached hydrogens (tertiary/aromatic N) is 1. The Morgan fingerprint density at radius 1 is 1.10 bits per heavy atom. The lowest BCUT2D eigenvalue weighted by Crippen LogP contribution is -2.67. The zero-order chi connectivity index (χ0) is 28.1. The third kappa shape index (κ3) is 6.18. The summed E-state index contributed by atoms with van der Waals surface area (Å²) < 4.78 is 16.5. The number of carbonyl (C=O) groups excluding carboxylic acids is 4. The minimum absolute atomic E-state index is 0.109. The molecular formula is C29H35Cl2NO7. The molecule has 10 heteroatoms. The van der Waals surface area contributed by atoms with E-state index in [0.29, 0.717) is 36.2 Å². The van der Waals surface area contributed by atoms with Gasteiger partial charge in [0.2, 0.25) is 0 Å². The summed E-state index contributed by atoms with van der Waals surface area (Å²) in [5.74, 6) is -4.19. The van der Waals surface area contributed by atoms with Crippen LogP contribution in [0.1, 0.15) is 44.6 Å². The first-order valence-electron chi connectivity index (χ1n) is 13.5. The number of Topliss-reactive ketones (excluding diaryl/α,β-unsaturated/α-hetero) is 1. The van der Waals surface area contributed by atoms with Crippen LogP contribution in [0.2, 0.25) is 0 Å². The van der Waals surface area contributed by atoms with E-state index in [-0.39, 0.29) is 24.3 Å².